The van der Waals surface area contributed by atoms with Crippen LogP contribution in [0.15, 0.2) is 24.3 Å². The molecule has 4 N–H and O–H groups in total. The van der Waals surface area contributed by atoms with Gasteiger partial charge in [0.1, 0.15) is 11.8 Å². The van der Waals surface area contributed by atoms with Crippen LogP contribution in [-0.4, -0.2) is 30.5 Å². The molecule has 1 atom stereocenters. The van der Waals surface area contributed by atoms with Crippen LogP contribution >= 0.6 is 0 Å². The highest BCUT2D eigenvalue weighted by Gasteiger charge is 2.39. The van der Waals surface area contributed by atoms with E-state index in [1.54, 1.807) is 24.3 Å². The number of primary amides is 1. The van der Waals surface area contributed by atoms with E-state index in [4.69, 9.17) is 10.5 Å². The summed E-state index contributed by atoms with van der Waals surface area (Å²) >= 11 is 0. The number of carbonyl (C=O) groups is 3. The maximum absolute atomic E-state index is 12.2. The smallest absolute Gasteiger partial charge is 0.326 e. The molecule has 22 heavy (non-hydrogen) atoms. The van der Waals surface area contributed by atoms with E-state index in [0.29, 0.717) is 18.0 Å². The molecule has 1 aromatic rings. The molecule has 0 aliphatic carbocycles. The lowest BCUT2D eigenvalue weighted by molar-refractivity contribution is -0.121. The van der Waals surface area contributed by atoms with Gasteiger partial charge in [0.15, 0.2) is 0 Å². The number of carbonyl (C=O) groups excluding carboxylic acids is 3. The Morgan fingerprint density at radius 2 is 2.05 bits per heavy atom. The van der Waals surface area contributed by atoms with Gasteiger partial charge >= 0.3 is 6.03 Å². The molecule has 2 rings (SSSR count). The Hall–Kier alpha value is -2.61. The first-order chi connectivity index (χ1) is 10.5. The van der Waals surface area contributed by atoms with Crippen LogP contribution in [0, 0.1) is 0 Å². The van der Waals surface area contributed by atoms with Crippen molar-refractivity contribution in [1.82, 2.24) is 10.9 Å². The first-order valence-electron chi connectivity index (χ1n) is 6.93. The molecule has 1 aliphatic rings. The molecule has 0 spiro atoms. The average Bonchev–Trinajstić information content (AvgIpc) is 2.78. The molecule has 1 aromatic carbocycles. The Labute approximate surface area is 127 Å². The molecule has 4 amide bonds. The van der Waals surface area contributed by atoms with E-state index in [1.807, 2.05) is 6.92 Å². The third-order valence-electron chi connectivity index (χ3n) is 3.08. The second-order valence-electron chi connectivity index (χ2n) is 4.80. The van der Waals surface area contributed by atoms with Gasteiger partial charge in [0.2, 0.25) is 5.91 Å². The summed E-state index contributed by atoms with van der Waals surface area (Å²) in [5.74, 6) is -0.119. The van der Waals surface area contributed by atoms with Crippen LogP contribution in [0.25, 0.3) is 0 Å². The van der Waals surface area contributed by atoms with Crippen LogP contribution in [0.4, 0.5) is 10.5 Å². The number of rotatable bonds is 6. The molecule has 0 radical (unpaired) electrons. The predicted molar refractivity (Wildman–Crippen MR) is 79.0 cm³/mol. The van der Waals surface area contributed by atoms with E-state index in [-0.39, 0.29) is 12.3 Å². The predicted octanol–water partition coefficient (Wildman–Crippen LogP) is 0.280. The van der Waals surface area contributed by atoms with Gasteiger partial charge in [0.25, 0.3) is 5.91 Å². The molecule has 1 fully saturated rings. The molecular weight excluding hydrogens is 288 g/mol. The van der Waals surface area contributed by atoms with Crippen LogP contribution in [0.2, 0.25) is 0 Å². The SMILES string of the molecule is CCCOc1ccc(N2C(=O)C[C@H](NNC(N)=O)C2=O)cc1. The van der Waals surface area contributed by atoms with Crippen LogP contribution in [0.5, 0.6) is 5.75 Å². The number of nitrogens with one attached hydrogen (secondary N) is 2. The number of nitrogens with two attached hydrogens (primary N) is 1. The van der Waals surface area contributed by atoms with Gasteiger partial charge in [-0.15, -0.1) is 0 Å². The minimum absolute atomic E-state index is 0.0484. The van der Waals surface area contributed by atoms with Crippen molar-refractivity contribution in [1.29, 1.82) is 0 Å². The Morgan fingerprint density at radius 3 is 2.64 bits per heavy atom. The summed E-state index contributed by atoms with van der Waals surface area (Å²) in [7, 11) is 0. The highest BCUT2D eigenvalue weighted by molar-refractivity contribution is 6.22. The number of hydrogen-bond donors (Lipinski definition) is 3. The van der Waals surface area contributed by atoms with Crippen molar-refractivity contribution in [2.24, 2.45) is 5.73 Å². The number of anilines is 1. The van der Waals surface area contributed by atoms with E-state index < -0.39 is 18.0 Å². The highest BCUT2D eigenvalue weighted by Crippen LogP contribution is 2.25. The molecule has 1 heterocycles. The van der Waals surface area contributed by atoms with E-state index in [9.17, 15) is 14.4 Å². The highest BCUT2D eigenvalue weighted by atomic mass is 16.5. The number of nitrogens with zero attached hydrogens (tertiary/aromatic N) is 1. The second-order valence-corrected chi connectivity index (χ2v) is 4.80. The molecule has 0 saturated carbocycles. The normalized spacial score (nSPS) is 17.7. The van der Waals surface area contributed by atoms with Crippen LogP contribution in [-0.2, 0) is 9.59 Å². The number of hydrazine groups is 1. The van der Waals surface area contributed by atoms with Gasteiger partial charge in [-0.25, -0.2) is 15.1 Å². The molecule has 0 aromatic heterocycles. The van der Waals surface area contributed by atoms with Crippen LogP contribution < -0.4 is 26.2 Å². The number of ether oxygens (including phenoxy) is 1. The van der Waals surface area contributed by atoms with Crippen molar-refractivity contribution >= 4 is 23.5 Å². The fourth-order valence-electron chi connectivity index (χ4n) is 2.09. The number of imide groups is 1. The third-order valence-corrected chi connectivity index (χ3v) is 3.08. The van der Waals surface area contributed by atoms with Gasteiger partial charge in [-0.2, -0.15) is 0 Å². The standard InChI is InChI=1S/C14H18N4O4/c1-2-7-22-10-5-3-9(4-6-10)18-12(19)8-11(13(18)20)16-17-14(15)21/h3-6,11,16H,2,7-8H2,1H3,(H3,15,17,21)/t11-/m0/s1. The molecule has 0 bridgehead atoms. The van der Waals surface area contributed by atoms with Crippen molar-refractivity contribution in [2.45, 2.75) is 25.8 Å². The molecule has 118 valence electrons. The summed E-state index contributed by atoms with van der Waals surface area (Å²) < 4.78 is 5.45. The van der Waals surface area contributed by atoms with E-state index in [0.717, 1.165) is 11.3 Å². The molecule has 8 heteroatoms. The lowest BCUT2D eigenvalue weighted by Crippen LogP contribution is -2.50. The van der Waals surface area contributed by atoms with Crippen LogP contribution in [0.3, 0.4) is 0 Å². The summed E-state index contributed by atoms with van der Waals surface area (Å²) in [6.45, 7) is 2.61. The Balaban J connectivity index is 2.06. The maximum atomic E-state index is 12.2. The minimum atomic E-state index is -0.823. The van der Waals surface area contributed by atoms with Crippen molar-refractivity contribution in [3.8, 4) is 5.75 Å². The molecule has 8 nitrogen and oxygen atoms in total. The van der Waals surface area contributed by atoms with E-state index >= 15 is 0 Å². The van der Waals surface area contributed by atoms with Gasteiger partial charge in [-0.05, 0) is 30.7 Å². The first-order valence-corrected chi connectivity index (χ1v) is 6.93. The van der Waals surface area contributed by atoms with Gasteiger partial charge in [0.05, 0.1) is 18.7 Å². The van der Waals surface area contributed by atoms with E-state index in [1.165, 1.54) is 0 Å². The summed E-state index contributed by atoms with van der Waals surface area (Å²) in [5.41, 5.74) is 9.93. The lowest BCUT2D eigenvalue weighted by Gasteiger charge is -2.16. The fourth-order valence-corrected chi connectivity index (χ4v) is 2.09. The van der Waals surface area contributed by atoms with Gasteiger partial charge < -0.3 is 10.5 Å². The number of hydrogen-bond acceptors (Lipinski definition) is 5. The quantitative estimate of drug-likeness (QED) is 0.516. The average molecular weight is 306 g/mol. The summed E-state index contributed by atoms with van der Waals surface area (Å²) in [4.78, 5) is 35.9. The van der Waals surface area contributed by atoms with Gasteiger partial charge in [-0.3, -0.25) is 15.0 Å². The Bertz CT molecular complexity index is 573. The van der Waals surface area contributed by atoms with Crippen molar-refractivity contribution in [3.63, 3.8) is 0 Å². The summed E-state index contributed by atoms with van der Waals surface area (Å²) in [5, 5.41) is 0. The largest absolute Gasteiger partial charge is 0.494 e. The number of benzene rings is 1. The van der Waals surface area contributed by atoms with Gasteiger partial charge in [0, 0.05) is 0 Å². The van der Waals surface area contributed by atoms with E-state index in [2.05, 4.69) is 10.9 Å². The molecular formula is C14H18N4O4. The zero-order chi connectivity index (χ0) is 16.1. The summed E-state index contributed by atoms with van der Waals surface area (Å²) in [6.07, 6.45) is 0.845. The zero-order valence-electron chi connectivity index (χ0n) is 12.2. The molecule has 1 aliphatic heterocycles. The minimum Gasteiger partial charge on any atom is -0.494 e. The first kappa shape index (κ1) is 15.8. The molecule has 0 unspecified atom stereocenters. The van der Waals surface area contributed by atoms with Crippen molar-refractivity contribution in [3.05, 3.63) is 24.3 Å². The second kappa shape index (κ2) is 6.90. The zero-order valence-corrected chi connectivity index (χ0v) is 12.2. The van der Waals surface area contributed by atoms with Gasteiger partial charge in [-0.1, -0.05) is 6.92 Å². The monoisotopic (exact) mass is 306 g/mol. The third kappa shape index (κ3) is 3.53. The molecule has 1 saturated heterocycles. The fraction of sp³-hybridized carbons (Fsp3) is 0.357. The van der Waals surface area contributed by atoms with Crippen molar-refractivity contribution in [2.75, 3.05) is 11.5 Å². The maximum Gasteiger partial charge on any atom is 0.326 e. The Morgan fingerprint density at radius 1 is 1.36 bits per heavy atom. The lowest BCUT2D eigenvalue weighted by atomic mass is 10.2. The Kier molecular flexibility index (Phi) is 4.95. The van der Waals surface area contributed by atoms with Crippen LogP contribution in [0.1, 0.15) is 19.8 Å². The van der Waals surface area contributed by atoms with Crippen molar-refractivity contribution < 1.29 is 19.1 Å². The number of urea groups is 1. The summed E-state index contributed by atoms with van der Waals surface area (Å²) in [6, 6.07) is 5.05. The topological polar surface area (TPSA) is 114 Å². The number of amides is 4.